The van der Waals surface area contributed by atoms with E-state index < -0.39 is 0 Å². The van der Waals surface area contributed by atoms with Crippen LogP contribution in [0, 0.1) is 0 Å². The van der Waals surface area contributed by atoms with Crippen LogP contribution in [-0.2, 0) is 11.2 Å². The fraction of sp³-hybridized carbons (Fsp3) is 0.333. The van der Waals surface area contributed by atoms with E-state index in [0.29, 0.717) is 24.3 Å². The van der Waals surface area contributed by atoms with Gasteiger partial charge in [0.2, 0.25) is 5.56 Å². The van der Waals surface area contributed by atoms with Gasteiger partial charge in [0.1, 0.15) is 0 Å². The van der Waals surface area contributed by atoms with Crippen LogP contribution in [0.25, 0.3) is 11.3 Å². The molecule has 4 nitrogen and oxygen atoms in total. The van der Waals surface area contributed by atoms with Gasteiger partial charge in [-0.15, -0.1) is 0 Å². The van der Waals surface area contributed by atoms with Crippen molar-refractivity contribution in [2.75, 3.05) is 6.61 Å². The number of hydrogen-bond acceptors (Lipinski definition) is 3. The van der Waals surface area contributed by atoms with Crippen molar-refractivity contribution in [2.24, 2.45) is 0 Å². The van der Waals surface area contributed by atoms with E-state index in [4.69, 9.17) is 4.74 Å². The largest absolute Gasteiger partial charge is 0.462 e. The van der Waals surface area contributed by atoms with Crippen molar-refractivity contribution < 1.29 is 9.53 Å². The van der Waals surface area contributed by atoms with Gasteiger partial charge in [0.15, 0.2) is 0 Å². The molecule has 0 unspecified atom stereocenters. The molecule has 0 saturated heterocycles. The Bertz CT molecular complexity index is 689. The van der Waals surface area contributed by atoms with Gasteiger partial charge in [0.25, 0.3) is 0 Å². The van der Waals surface area contributed by atoms with Crippen molar-refractivity contribution in [3.8, 4) is 11.3 Å². The number of hydrogen-bond donors (Lipinski definition) is 1. The molecule has 0 saturated carbocycles. The summed E-state index contributed by atoms with van der Waals surface area (Å²) in [5, 5.41) is 0. The highest BCUT2D eigenvalue weighted by Gasteiger charge is 2.20. The number of H-pyrrole nitrogens is 1. The van der Waals surface area contributed by atoms with Gasteiger partial charge in [-0.05, 0) is 30.9 Å². The molecule has 0 aliphatic carbocycles. The molecule has 4 heteroatoms. The Balaban J connectivity index is 2.62. The van der Waals surface area contributed by atoms with Crippen LogP contribution in [0.1, 0.15) is 42.6 Å². The number of ether oxygens (including phenoxy) is 1. The molecule has 0 spiro atoms. The van der Waals surface area contributed by atoms with E-state index in [-0.39, 0.29) is 11.5 Å². The van der Waals surface area contributed by atoms with Crippen LogP contribution >= 0.6 is 0 Å². The topological polar surface area (TPSA) is 59.2 Å². The summed E-state index contributed by atoms with van der Waals surface area (Å²) in [4.78, 5) is 27.2. The number of carbonyl (C=O) groups is 1. The fourth-order valence-electron chi connectivity index (χ4n) is 2.43. The molecule has 1 aromatic carbocycles. The van der Waals surface area contributed by atoms with E-state index in [1.54, 1.807) is 6.92 Å². The summed E-state index contributed by atoms with van der Waals surface area (Å²) in [5.74, 6) is -0.385. The first-order valence-corrected chi connectivity index (χ1v) is 7.66. The number of esters is 1. The smallest absolute Gasteiger partial charge is 0.340 e. The lowest BCUT2D eigenvalue weighted by molar-refractivity contribution is 0.0525. The molecule has 0 amide bonds. The van der Waals surface area contributed by atoms with Gasteiger partial charge in [0.05, 0.1) is 17.9 Å². The Morgan fingerprint density at radius 1 is 1.18 bits per heavy atom. The maximum Gasteiger partial charge on any atom is 0.340 e. The van der Waals surface area contributed by atoms with Crippen molar-refractivity contribution in [2.45, 2.75) is 33.1 Å². The van der Waals surface area contributed by atoms with E-state index in [9.17, 15) is 9.59 Å². The second kappa shape index (κ2) is 7.59. The number of pyridine rings is 1. The van der Waals surface area contributed by atoms with Crippen molar-refractivity contribution >= 4 is 5.97 Å². The summed E-state index contributed by atoms with van der Waals surface area (Å²) in [7, 11) is 0. The lowest BCUT2D eigenvalue weighted by Crippen LogP contribution is -2.17. The lowest BCUT2D eigenvalue weighted by atomic mass is 9.97. The van der Waals surface area contributed by atoms with Gasteiger partial charge >= 0.3 is 5.97 Å². The fourth-order valence-corrected chi connectivity index (χ4v) is 2.43. The van der Waals surface area contributed by atoms with E-state index in [0.717, 1.165) is 24.0 Å². The third-order valence-corrected chi connectivity index (χ3v) is 3.47. The highest BCUT2D eigenvalue weighted by atomic mass is 16.5. The van der Waals surface area contributed by atoms with Crippen molar-refractivity contribution in [3.05, 3.63) is 57.9 Å². The summed E-state index contributed by atoms with van der Waals surface area (Å²) >= 11 is 0. The van der Waals surface area contributed by atoms with Crippen LogP contribution in [0.15, 0.2) is 41.2 Å². The summed E-state index contributed by atoms with van der Waals surface area (Å²) in [5.41, 5.74) is 2.38. The van der Waals surface area contributed by atoms with Crippen LogP contribution in [0.5, 0.6) is 0 Å². The third kappa shape index (κ3) is 3.64. The monoisotopic (exact) mass is 299 g/mol. The molecule has 116 valence electrons. The molecule has 2 rings (SSSR count). The number of aryl methyl sites for hydroxylation is 1. The third-order valence-electron chi connectivity index (χ3n) is 3.47. The molecular weight excluding hydrogens is 278 g/mol. The maximum atomic E-state index is 12.4. The van der Waals surface area contributed by atoms with Crippen LogP contribution in [0.3, 0.4) is 0 Å². The second-order valence-corrected chi connectivity index (χ2v) is 5.10. The summed E-state index contributed by atoms with van der Waals surface area (Å²) in [6, 6.07) is 10.9. The highest BCUT2D eigenvalue weighted by molar-refractivity contribution is 5.97. The normalized spacial score (nSPS) is 10.5. The maximum absolute atomic E-state index is 12.4. The Morgan fingerprint density at radius 2 is 1.91 bits per heavy atom. The van der Waals surface area contributed by atoms with Gasteiger partial charge < -0.3 is 9.72 Å². The summed E-state index contributed by atoms with van der Waals surface area (Å²) < 4.78 is 5.19. The first kappa shape index (κ1) is 16.0. The molecular formula is C18H21NO3. The van der Waals surface area contributed by atoms with Gasteiger partial charge in [0, 0.05) is 6.07 Å². The van der Waals surface area contributed by atoms with Gasteiger partial charge in [-0.2, -0.15) is 0 Å². The van der Waals surface area contributed by atoms with Gasteiger partial charge in [-0.3, -0.25) is 4.79 Å². The number of carbonyl (C=O) groups excluding carboxylic acids is 1. The molecule has 0 atom stereocenters. The first-order chi connectivity index (χ1) is 10.7. The predicted octanol–water partition coefficient (Wildman–Crippen LogP) is 3.56. The Kier molecular flexibility index (Phi) is 5.53. The highest BCUT2D eigenvalue weighted by Crippen LogP contribution is 2.24. The first-order valence-electron chi connectivity index (χ1n) is 7.66. The summed E-state index contributed by atoms with van der Waals surface area (Å²) in [6.45, 7) is 4.16. The number of rotatable bonds is 6. The molecule has 0 bridgehead atoms. The average Bonchev–Trinajstić information content (AvgIpc) is 2.53. The zero-order chi connectivity index (χ0) is 15.9. The molecule has 0 radical (unpaired) electrons. The standard InChI is InChI=1S/C18H21NO3/c1-3-5-9-14-12-15(20)19-17(13-10-7-6-8-11-13)16(14)18(21)22-4-2/h6-8,10-12H,3-5,9H2,1-2H3,(H,19,20). The SMILES string of the molecule is CCCCc1cc(=O)[nH]c(-c2ccccc2)c1C(=O)OCC. The number of benzene rings is 1. The summed E-state index contributed by atoms with van der Waals surface area (Å²) in [6.07, 6.45) is 2.61. The van der Waals surface area contributed by atoms with E-state index in [1.807, 2.05) is 30.3 Å². The molecule has 0 aliphatic heterocycles. The molecule has 0 aliphatic rings. The van der Waals surface area contributed by atoms with Crippen LogP contribution in [0.2, 0.25) is 0 Å². The Morgan fingerprint density at radius 3 is 2.55 bits per heavy atom. The predicted molar refractivity (Wildman–Crippen MR) is 87.1 cm³/mol. The van der Waals surface area contributed by atoms with Crippen LogP contribution in [-0.4, -0.2) is 17.6 Å². The molecule has 22 heavy (non-hydrogen) atoms. The van der Waals surface area contributed by atoms with Crippen LogP contribution < -0.4 is 5.56 Å². The Labute approximate surface area is 130 Å². The van der Waals surface area contributed by atoms with E-state index in [1.165, 1.54) is 6.07 Å². The quantitative estimate of drug-likeness (QED) is 0.830. The lowest BCUT2D eigenvalue weighted by Gasteiger charge is -2.13. The van der Waals surface area contributed by atoms with E-state index >= 15 is 0 Å². The minimum absolute atomic E-state index is 0.196. The van der Waals surface area contributed by atoms with Gasteiger partial charge in [-0.25, -0.2) is 4.79 Å². The van der Waals surface area contributed by atoms with Crippen molar-refractivity contribution in [3.63, 3.8) is 0 Å². The minimum atomic E-state index is -0.385. The number of unbranched alkanes of at least 4 members (excludes halogenated alkanes) is 1. The molecule has 0 fully saturated rings. The average molecular weight is 299 g/mol. The zero-order valence-electron chi connectivity index (χ0n) is 13.0. The second-order valence-electron chi connectivity index (χ2n) is 5.10. The van der Waals surface area contributed by atoms with E-state index in [2.05, 4.69) is 11.9 Å². The minimum Gasteiger partial charge on any atom is -0.462 e. The number of aromatic amines is 1. The molecule has 1 heterocycles. The molecule has 1 aromatic heterocycles. The van der Waals surface area contributed by atoms with Gasteiger partial charge in [-0.1, -0.05) is 43.7 Å². The number of aromatic nitrogens is 1. The van der Waals surface area contributed by atoms with Crippen molar-refractivity contribution in [1.82, 2.24) is 4.98 Å². The number of nitrogens with one attached hydrogen (secondary N) is 1. The van der Waals surface area contributed by atoms with Crippen molar-refractivity contribution in [1.29, 1.82) is 0 Å². The molecule has 2 aromatic rings. The Hall–Kier alpha value is -2.36. The molecule has 1 N–H and O–H groups in total. The zero-order valence-corrected chi connectivity index (χ0v) is 13.0. The van der Waals surface area contributed by atoms with Crippen LogP contribution in [0.4, 0.5) is 0 Å².